The van der Waals surface area contributed by atoms with Crippen LogP contribution in [0.1, 0.15) is 24.5 Å². The van der Waals surface area contributed by atoms with E-state index in [-0.39, 0.29) is 0 Å². The fourth-order valence-corrected chi connectivity index (χ4v) is 4.53. The molecule has 0 amide bonds. The van der Waals surface area contributed by atoms with Crippen molar-refractivity contribution in [2.24, 2.45) is 0 Å². The molecular formula is C19H23NS. The van der Waals surface area contributed by atoms with Crippen molar-refractivity contribution in [1.82, 2.24) is 5.32 Å². The zero-order chi connectivity index (χ0) is 14.5. The van der Waals surface area contributed by atoms with E-state index < -0.39 is 0 Å². The Morgan fingerprint density at radius 1 is 1.10 bits per heavy atom. The fourth-order valence-electron chi connectivity index (χ4n) is 3.08. The summed E-state index contributed by atoms with van der Waals surface area (Å²) in [6.45, 7) is 3.26. The minimum absolute atomic E-state index is 0.590. The number of rotatable bonds is 6. The Morgan fingerprint density at radius 3 is 2.62 bits per heavy atom. The van der Waals surface area contributed by atoms with E-state index in [1.54, 1.807) is 0 Å². The van der Waals surface area contributed by atoms with Gasteiger partial charge in [-0.05, 0) is 43.0 Å². The molecule has 3 rings (SSSR count). The van der Waals surface area contributed by atoms with Crippen molar-refractivity contribution in [2.45, 2.75) is 42.4 Å². The lowest BCUT2D eigenvalue weighted by Crippen LogP contribution is -2.38. The van der Waals surface area contributed by atoms with E-state index in [9.17, 15) is 0 Å². The zero-order valence-corrected chi connectivity index (χ0v) is 13.4. The lowest BCUT2D eigenvalue weighted by atomic mass is 9.99. The number of hydrogen-bond donors (Lipinski definition) is 1. The highest BCUT2D eigenvalue weighted by atomic mass is 32.2. The Labute approximate surface area is 132 Å². The Kier molecular flexibility index (Phi) is 5.00. The van der Waals surface area contributed by atoms with E-state index in [1.807, 2.05) is 0 Å². The maximum Gasteiger partial charge on any atom is 0.0289 e. The molecule has 0 spiro atoms. The molecule has 2 unspecified atom stereocenters. The van der Waals surface area contributed by atoms with E-state index in [2.05, 4.69) is 78.6 Å². The highest BCUT2D eigenvalue weighted by Gasteiger charge is 2.28. The summed E-state index contributed by atoms with van der Waals surface area (Å²) in [4.78, 5) is 1.48. The van der Waals surface area contributed by atoms with Crippen LogP contribution in [0.3, 0.4) is 0 Å². The molecule has 0 bridgehead atoms. The molecule has 2 aromatic rings. The van der Waals surface area contributed by atoms with Gasteiger partial charge >= 0.3 is 0 Å². The van der Waals surface area contributed by atoms with Crippen molar-refractivity contribution in [3.63, 3.8) is 0 Å². The maximum absolute atomic E-state index is 3.71. The first-order valence-electron chi connectivity index (χ1n) is 7.88. The van der Waals surface area contributed by atoms with Crippen LogP contribution in [-0.4, -0.2) is 17.8 Å². The van der Waals surface area contributed by atoms with Crippen molar-refractivity contribution in [1.29, 1.82) is 0 Å². The van der Waals surface area contributed by atoms with Gasteiger partial charge in [0.1, 0.15) is 0 Å². The Balaban J connectivity index is 1.63. The molecule has 1 nitrogen and oxygen atoms in total. The lowest BCUT2D eigenvalue weighted by Gasteiger charge is -2.23. The van der Waals surface area contributed by atoms with Crippen molar-refractivity contribution >= 4 is 11.8 Å². The smallest absolute Gasteiger partial charge is 0.0289 e. The third-order valence-corrected chi connectivity index (χ3v) is 5.62. The SMILES string of the molecule is CCNC(CCc1ccccc1)C1Cc2ccccc2S1. The maximum atomic E-state index is 3.71. The molecule has 1 aliphatic heterocycles. The van der Waals surface area contributed by atoms with Crippen LogP contribution in [0.4, 0.5) is 0 Å². The molecule has 0 radical (unpaired) electrons. The molecule has 0 saturated carbocycles. The van der Waals surface area contributed by atoms with Gasteiger partial charge in [-0.2, -0.15) is 0 Å². The van der Waals surface area contributed by atoms with Gasteiger partial charge in [-0.15, -0.1) is 11.8 Å². The second-order valence-corrected chi connectivity index (χ2v) is 6.94. The van der Waals surface area contributed by atoms with Crippen LogP contribution >= 0.6 is 11.8 Å². The van der Waals surface area contributed by atoms with Crippen molar-refractivity contribution < 1.29 is 0 Å². The first-order valence-corrected chi connectivity index (χ1v) is 8.76. The summed E-state index contributed by atoms with van der Waals surface area (Å²) in [5.74, 6) is 0. The van der Waals surface area contributed by atoms with E-state index in [1.165, 1.54) is 28.9 Å². The zero-order valence-electron chi connectivity index (χ0n) is 12.6. The van der Waals surface area contributed by atoms with Crippen LogP contribution in [0.15, 0.2) is 59.5 Å². The first-order chi connectivity index (χ1) is 10.4. The highest BCUT2D eigenvalue weighted by Crippen LogP contribution is 2.39. The second-order valence-electron chi connectivity index (χ2n) is 5.66. The molecule has 0 fully saturated rings. The van der Waals surface area contributed by atoms with Crippen LogP contribution in [0, 0.1) is 0 Å². The van der Waals surface area contributed by atoms with E-state index in [4.69, 9.17) is 0 Å². The summed E-state index contributed by atoms with van der Waals surface area (Å²) in [6.07, 6.45) is 3.57. The molecule has 1 N–H and O–H groups in total. The summed E-state index contributed by atoms with van der Waals surface area (Å²) < 4.78 is 0. The van der Waals surface area contributed by atoms with Gasteiger partial charge in [0.2, 0.25) is 0 Å². The van der Waals surface area contributed by atoms with Gasteiger partial charge < -0.3 is 5.32 Å². The summed E-state index contributed by atoms with van der Waals surface area (Å²) in [6, 6.07) is 20.3. The third-order valence-electron chi connectivity index (χ3n) is 4.17. The minimum Gasteiger partial charge on any atom is -0.313 e. The average Bonchev–Trinajstić information content (AvgIpc) is 2.96. The number of thioether (sulfide) groups is 1. The lowest BCUT2D eigenvalue weighted by molar-refractivity contribution is 0.478. The first kappa shape index (κ1) is 14.7. The van der Waals surface area contributed by atoms with Gasteiger partial charge in [-0.3, -0.25) is 0 Å². The normalized spacial score (nSPS) is 18.4. The largest absolute Gasteiger partial charge is 0.313 e. The summed E-state index contributed by atoms with van der Waals surface area (Å²) >= 11 is 2.06. The van der Waals surface area contributed by atoms with Gasteiger partial charge in [0.15, 0.2) is 0 Å². The van der Waals surface area contributed by atoms with Crippen LogP contribution in [0.5, 0.6) is 0 Å². The summed E-state index contributed by atoms with van der Waals surface area (Å²) in [5.41, 5.74) is 2.97. The van der Waals surface area contributed by atoms with Crippen molar-refractivity contribution in [2.75, 3.05) is 6.54 Å². The Morgan fingerprint density at radius 2 is 1.86 bits per heavy atom. The molecule has 2 heteroatoms. The van der Waals surface area contributed by atoms with Gasteiger partial charge in [0.25, 0.3) is 0 Å². The number of hydrogen-bond acceptors (Lipinski definition) is 2. The van der Waals surface area contributed by atoms with E-state index in [0.717, 1.165) is 13.0 Å². The Bertz CT molecular complexity index is 542. The average molecular weight is 297 g/mol. The van der Waals surface area contributed by atoms with E-state index in [0.29, 0.717) is 11.3 Å². The van der Waals surface area contributed by atoms with Crippen molar-refractivity contribution in [3.8, 4) is 0 Å². The molecule has 110 valence electrons. The van der Waals surface area contributed by atoms with Crippen LogP contribution in [0.25, 0.3) is 0 Å². The van der Waals surface area contributed by atoms with Gasteiger partial charge in [-0.25, -0.2) is 0 Å². The van der Waals surface area contributed by atoms with Gasteiger partial charge in [-0.1, -0.05) is 55.5 Å². The van der Waals surface area contributed by atoms with E-state index >= 15 is 0 Å². The van der Waals surface area contributed by atoms with Gasteiger partial charge in [0, 0.05) is 16.2 Å². The molecule has 1 heterocycles. The Hall–Kier alpha value is -1.25. The summed E-state index contributed by atoms with van der Waals surface area (Å²) in [7, 11) is 0. The van der Waals surface area contributed by atoms with Gasteiger partial charge in [0.05, 0.1) is 0 Å². The number of aryl methyl sites for hydroxylation is 1. The molecule has 1 aliphatic rings. The standard InChI is InChI=1S/C19H23NS/c1-2-20-17(13-12-15-8-4-3-5-9-15)19-14-16-10-6-7-11-18(16)21-19/h3-11,17,19-20H,2,12-14H2,1H3. The summed E-state index contributed by atoms with van der Waals surface area (Å²) in [5, 5.41) is 4.38. The van der Waals surface area contributed by atoms with Crippen LogP contribution < -0.4 is 5.32 Å². The minimum atomic E-state index is 0.590. The molecule has 0 aliphatic carbocycles. The molecule has 21 heavy (non-hydrogen) atoms. The van der Waals surface area contributed by atoms with Crippen molar-refractivity contribution in [3.05, 3.63) is 65.7 Å². The number of fused-ring (bicyclic) bond motifs is 1. The predicted molar refractivity (Wildman–Crippen MR) is 92.0 cm³/mol. The quantitative estimate of drug-likeness (QED) is 0.852. The highest BCUT2D eigenvalue weighted by molar-refractivity contribution is 8.00. The molecule has 2 atom stereocenters. The predicted octanol–water partition coefficient (Wildman–Crippen LogP) is 4.31. The molecule has 2 aromatic carbocycles. The molecule has 0 aromatic heterocycles. The molecular weight excluding hydrogens is 274 g/mol. The number of nitrogens with one attached hydrogen (secondary N) is 1. The van der Waals surface area contributed by atoms with Crippen LogP contribution in [-0.2, 0) is 12.8 Å². The molecule has 0 saturated heterocycles. The van der Waals surface area contributed by atoms with Crippen LogP contribution in [0.2, 0.25) is 0 Å². The third kappa shape index (κ3) is 3.69. The number of benzene rings is 2. The topological polar surface area (TPSA) is 12.0 Å². The fraction of sp³-hybridized carbons (Fsp3) is 0.368. The monoisotopic (exact) mass is 297 g/mol. The second kappa shape index (κ2) is 7.15.